The van der Waals surface area contributed by atoms with Gasteiger partial charge in [0, 0.05) is 19.6 Å². The van der Waals surface area contributed by atoms with Crippen LogP contribution in [-0.2, 0) is 17.5 Å². The molecule has 0 radical (unpaired) electrons. The molecule has 1 fully saturated rings. The summed E-state index contributed by atoms with van der Waals surface area (Å²) < 4.78 is 68.6. The number of rotatable bonds is 2. The number of carbonyl (C=O) groups excluding carboxylic acids is 1. The lowest BCUT2D eigenvalue weighted by Gasteiger charge is -2.25. The molecule has 0 bridgehead atoms. The summed E-state index contributed by atoms with van der Waals surface area (Å²) in [5, 5.41) is 11.0. The van der Waals surface area contributed by atoms with Crippen molar-refractivity contribution in [1.29, 1.82) is 0 Å². The zero-order valence-corrected chi connectivity index (χ0v) is 12.5. The number of aliphatic carboxylic acids is 1. The van der Waals surface area contributed by atoms with E-state index in [0.717, 1.165) is 50.4 Å². The van der Waals surface area contributed by atoms with Gasteiger partial charge >= 0.3 is 12.4 Å². The van der Waals surface area contributed by atoms with E-state index in [1.165, 1.54) is 0 Å². The van der Waals surface area contributed by atoms with Gasteiger partial charge in [-0.1, -0.05) is 12.1 Å². The van der Waals surface area contributed by atoms with Crippen LogP contribution in [0.3, 0.4) is 0 Å². The van der Waals surface area contributed by atoms with Crippen LogP contribution in [0.1, 0.15) is 11.1 Å². The van der Waals surface area contributed by atoms with Crippen LogP contribution >= 0.6 is 0 Å². The highest BCUT2D eigenvalue weighted by atomic mass is 19.4. The normalized spacial score (nSPS) is 16.2. The monoisotopic (exact) mass is 358 g/mol. The van der Waals surface area contributed by atoms with Crippen molar-refractivity contribution < 1.29 is 41.6 Å². The molecule has 4 nitrogen and oxygen atoms in total. The Hall–Kier alpha value is -1.81. The quantitative estimate of drug-likeness (QED) is 0.778. The molecule has 2 N–H and O–H groups in total. The van der Waals surface area contributed by atoms with Gasteiger partial charge in [0.25, 0.3) is 0 Å². The SMILES string of the molecule is FC(F)(F)c1ccc(CN2CC[NH2+]CC2)cc1.O=C([O-])C(F)(F)F. The number of carboxylic acids is 1. The molecule has 1 saturated heterocycles. The van der Waals surface area contributed by atoms with Gasteiger partial charge < -0.3 is 15.2 Å². The molecular weight excluding hydrogens is 342 g/mol. The van der Waals surface area contributed by atoms with E-state index in [2.05, 4.69) is 10.2 Å². The van der Waals surface area contributed by atoms with Gasteiger partial charge in [-0.2, -0.15) is 26.3 Å². The summed E-state index contributed by atoms with van der Waals surface area (Å²) >= 11 is 0. The van der Waals surface area contributed by atoms with Gasteiger partial charge in [-0.15, -0.1) is 0 Å². The summed E-state index contributed by atoms with van der Waals surface area (Å²) in [6.45, 7) is 4.88. The Labute approximate surface area is 134 Å². The second kappa shape index (κ2) is 8.34. The first kappa shape index (κ1) is 20.2. The van der Waals surface area contributed by atoms with Crippen LogP contribution in [0.5, 0.6) is 0 Å². The van der Waals surface area contributed by atoms with Crippen molar-refractivity contribution in [1.82, 2.24) is 4.90 Å². The number of quaternary nitrogens is 1. The minimum absolute atomic E-state index is 0.576. The first-order chi connectivity index (χ1) is 11.0. The molecule has 1 aromatic rings. The van der Waals surface area contributed by atoms with Gasteiger partial charge in [0.1, 0.15) is 5.97 Å². The van der Waals surface area contributed by atoms with Gasteiger partial charge in [0.15, 0.2) is 0 Å². The third-order valence-corrected chi connectivity index (χ3v) is 3.22. The number of alkyl halides is 6. The molecule has 0 spiro atoms. The Morgan fingerprint density at radius 1 is 1.04 bits per heavy atom. The van der Waals surface area contributed by atoms with E-state index in [1.807, 2.05) is 0 Å². The van der Waals surface area contributed by atoms with E-state index >= 15 is 0 Å². The smallest absolute Gasteiger partial charge is 0.430 e. The summed E-state index contributed by atoms with van der Waals surface area (Å²) in [7, 11) is 0. The molecule has 0 aliphatic carbocycles. The number of hydrogen-bond acceptors (Lipinski definition) is 3. The van der Waals surface area contributed by atoms with Crippen molar-refractivity contribution in [2.24, 2.45) is 0 Å². The Kier molecular flexibility index (Phi) is 7.03. The summed E-state index contributed by atoms with van der Waals surface area (Å²) in [5.74, 6) is -3.01. The van der Waals surface area contributed by atoms with Gasteiger partial charge in [-0.3, -0.25) is 4.90 Å². The van der Waals surface area contributed by atoms with E-state index in [4.69, 9.17) is 9.90 Å². The molecule has 1 aliphatic heterocycles. The summed E-state index contributed by atoms with van der Waals surface area (Å²) in [6, 6.07) is 5.46. The standard InChI is InChI=1S/C12H15F3N2.C2HF3O2/c13-12(14,15)11-3-1-10(2-4-11)9-17-7-5-16-6-8-17;3-2(4,5)1(6)7/h1-4,16H,5-9H2;(H,6,7). The van der Waals surface area contributed by atoms with Crippen molar-refractivity contribution in [2.75, 3.05) is 26.2 Å². The Morgan fingerprint density at radius 2 is 1.50 bits per heavy atom. The van der Waals surface area contributed by atoms with Crippen LogP contribution in [0, 0.1) is 0 Å². The van der Waals surface area contributed by atoms with Crippen LogP contribution in [-0.4, -0.2) is 43.2 Å². The fourth-order valence-corrected chi connectivity index (χ4v) is 2.02. The predicted molar refractivity (Wildman–Crippen MR) is 69.4 cm³/mol. The first-order valence-electron chi connectivity index (χ1n) is 6.98. The lowest BCUT2D eigenvalue weighted by Crippen LogP contribution is -2.89. The van der Waals surface area contributed by atoms with Gasteiger partial charge in [-0.05, 0) is 17.7 Å². The topological polar surface area (TPSA) is 60.0 Å². The molecule has 0 amide bonds. The van der Waals surface area contributed by atoms with Crippen LogP contribution in [0.4, 0.5) is 26.3 Å². The number of carboxylic acid groups (broad SMARTS) is 1. The largest absolute Gasteiger partial charge is 0.542 e. The molecule has 0 atom stereocenters. The van der Waals surface area contributed by atoms with Crippen LogP contribution < -0.4 is 10.4 Å². The number of hydrogen-bond donors (Lipinski definition) is 1. The maximum atomic E-state index is 12.4. The third-order valence-electron chi connectivity index (χ3n) is 3.22. The van der Waals surface area contributed by atoms with Gasteiger partial charge in [0.05, 0.1) is 18.7 Å². The lowest BCUT2D eigenvalue weighted by molar-refractivity contribution is -0.663. The Balaban J connectivity index is 0.000000351. The predicted octanol–water partition coefficient (Wildman–Crippen LogP) is 0.383. The van der Waals surface area contributed by atoms with Gasteiger partial charge in [0.2, 0.25) is 0 Å². The average molecular weight is 358 g/mol. The van der Waals surface area contributed by atoms with Crippen molar-refractivity contribution in [2.45, 2.75) is 18.9 Å². The van der Waals surface area contributed by atoms with E-state index < -0.39 is 23.9 Å². The highest BCUT2D eigenvalue weighted by molar-refractivity contribution is 5.70. The van der Waals surface area contributed by atoms with Crippen LogP contribution in [0.25, 0.3) is 0 Å². The van der Waals surface area contributed by atoms with Crippen molar-refractivity contribution in [3.05, 3.63) is 35.4 Å². The average Bonchev–Trinajstić information content (AvgIpc) is 2.47. The lowest BCUT2D eigenvalue weighted by atomic mass is 10.1. The minimum Gasteiger partial charge on any atom is -0.542 e. The summed E-state index contributed by atoms with van der Waals surface area (Å²) in [5.41, 5.74) is 0.369. The van der Waals surface area contributed by atoms with E-state index in [9.17, 15) is 26.3 Å². The molecule has 10 heteroatoms. The number of piperazine rings is 1. The maximum absolute atomic E-state index is 12.4. The van der Waals surface area contributed by atoms with E-state index in [-0.39, 0.29) is 0 Å². The molecular formula is C14H16F6N2O2. The number of nitrogens with zero attached hydrogens (tertiary/aromatic N) is 1. The zero-order chi connectivity index (χ0) is 18.4. The Bertz CT molecular complexity index is 522. The second-order valence-corrected chi connectivity index (χ2v) is 5.12. The first-order valence-corrected chi connectivity index (χ1v) is 6.98. The van der Waals surface area contributed by atoms with Crippen molar-refractivity contribution in [3.63, 3.8) is 0 Å². The minimum atomic E-state index is -5.19. The fourth-order valence-electron chi connectivity index (χ4n) is 2.02. The number of carbonyl (C=O) groups is 1. The molecule has 1 aliphatic rings. The van der Waals surface area contributed by atoms with Crippen molar-refractivity contribution in [3.8, 4) is 0 Å². The molecule has 24 heavy (non-hydrogen) atoms. The van der Waals surface area contributed by atoms with Crippen molar-refractivity contribution >= 4 is 5.97 Å². The number of halogens is 6. The van der Waals surface area contributed by atoms with Crippen LogP contribution in [0.2, 0.25) is 0 Å². The molecule has 0 unspecified atom stereocenters. The van der Waals surface area contributed by atoms with Crippen LogP contribution in [0.15, 0.2) is 24.3 Å². The molecule has 0 aromatic heterocycles. The Morgan fingerprint density at radius 3 is 1.88 bits per heavy atom. The highest BCUT2D eigenvalue weighted by Crippen LogP contribution is 2.29. The third kappa shape index (κ3) is 7.18. The summed E-state index contributed by atoms with van der Waals surface area (Å²) in [6.07, 6.45) is -9.43. The number of benzene rings is 1. The second-order valence-electron chi connectivity index (χ2n) is 5.12. The van der Waals surface area contributed by atoms with E-state index in [0.29, 0.717) is 0 Å². The van der Waals surface area contributed by atoms with Gasteiger partial charge in [-0.25, -0.2) is 0 Å². The molecule has 1 aromatic carbocycles. The van der Waals surface area contributed by atoms with E-state index in [1.54, 1.807) is 12.1 Å². The molecule has 136 valence electrons. The molecule has 2 rings (SSSR count). The highest BCUT2D eigenvalue weighted by Gasteiger charge is 2.30. The fraction of sp³-hybridized carbons (Fsp3) is 0.500. The maximum Gasteiger partial charge on any atom is 0.430 e. The molecule has 0 saturated carbocycles. The molecule has 1 heterocycles. The number of nitrogens with two attached hydrogens (primary N) is 1. The zero-order valence-electron chi connectivity index (χ0n) is 12.5. The summed E-state index contributed by atoms with van der Waals surface area (Å²) in [4.78, 5) is 11.1.